The van der Waals surface area contributed by atoms with Crippen molar-refractivity contribution in [1.29, 1.82) is 0 Å². The first-order valence-electron chi connectivity index (χ1n) is 8.28. The zero-order chi connectivity index (χ0) is 21.5. The second-order valence-corrected chi connectivity index (χ2v) is 7.11. The molecule has 0 aromatic heterocycles. The predicted octanol–water partition coefficient (Wildman–Crippen LogP) is 3.88. The van der Waals surface area contributed by atoms with E-state index in [2.05, 4.69) is 16.6 Å². The number of nitro groups is 1. The number of nitro benzene ring substituents is 1. The van der Waals surface area contributed by atoms with Crippen LogP contribution in [0.4, 0.5) is 10.5 Å². The first-order chi connectivity index (χ1) is 13.0. The molecule has 1 rings (SSSR count). The standard InChI is InChI=1S/C18H23ClN2O7/c1-6-7-12(20-17(23)28-18(2,3)4)10-27-14-9-11(16(22)26-5)8-13(15(14)19)21(24)25/h6,8-9,12H,1,7,10H2,2-5H3,(H,20,23)/t12-/m1/s1. The minimum absolute atomic E-state index is 0.0867. The van der Waals surface area contributed by atoms with Crippen LogP contribution in [0.5, 0.6) is 5.75 Å². The number of benzene rings is 1. The summed E-state index contributed by atoms with van der Waals surface area (Å²) < 4.78 is 15.3. The summed E-state index contributed by atoms with van der Waals surface area (Å²) in [6.07, 6.45) is 1.26. The summed E-state index contributed by atoms with van der Waals surface area (Å²) in [5.74, 6) is -0.865. The van der Waals surface area contributed by atoms with Gasteiger partial charge in [0.15, 0.2) is 5.02 Å². The second kappa shape index (κ2) is 9.93. The number of carbonyl (C=O) groups excluding carboxylic acids is 2. The summed E-state index contributed by atoms with van der Waals surface area (Å²) in [5, 5.41) is 13.5. The van der Waals surface area contributed by atoms with Gasteiger partial charge in [0.25, 0.3) is 5.69 Å². The van der Waals surface area contributed by atoms with Crippen LogP contribution in [0.25, 0.3) is 0 Å². The number of hydrogen-bond acceptors (Lipinski definition) is 7. The Labute approximate surface area is 167 Å². The van der Waals surface area contributed by atoms with E-state index >= 15 is 0 Å². The van der Waals surface area contributed by atoms with Crippen molar-refractivity contribution in [2.75, 3.05) is 13.7 Å². The Morgan fingerprint density at radius 2 is 2.04 bits per heavy atom. The van der Waals surface area contributed by atoms with Crippen LogP contribution in [0.2, 0.25) is 5.02 Å². The van der Waals surface area contributed by atoms with Crippen molar-refractivity contribution in [1.82, 2.24) is 5.32 Å². The smallest absolute Gasteiger partial charge is 0.408 e. The highest BCUT2D eigenvalue weighted by atomic mass is 35.5. The predicted molar refractivity (Wildman–Crippen MR) is 103 cm³/mol. The first-order valence-corrected chi connectivity index (χ1v) is 8.65. The van der Waals surface area contributed by atoms with Gasteiger partial charge in [-0.2, -0.15) is 0 Å². The van der Waals surface area contributed by atoms with E-state index in [0.29, 0.717) is 6.42 Å². The molecule has 1 aromatic rings. The van der Waals surface area contributed by atoms with Gasteiger partial charge in [-0.15, -0.1) is 6.58 Å². The molecule has 0 saturated heterocycles. The van der Waals surface area contributed by atoms with E-state index in [1.807, 2.05) is 0 Å². The zero-order valence-electron chi connectivity index (χ0n) is 16.1. The maximum Gasteiger partial charge on any atom is 0.408 e. The Morgan fingerprint density at radius 1 is 1.39 bits per heavy atom. The van der Waals surface area contributed by atoms with Gasteiger partial charge >= 0.3 is 12.1 Å². The molecule has 0 saturated carbocycles. The SMILES string of the molecule is C=CC[C@H](COc1cc(C(=O)OC)cc([N+](=O)[O-])c1Cl)NC(=O)OC(C)(C)C. The molecule has 0 aliphatic carbocycles. The van der Waals surface area contributed by atoms with Crippen molar-refractivity contribution in [2.24, 2.45) is 0 Å². The minimum Gasteiger partial charge on any atom is -0.490 e. The molecule has 0 radical (unpaired) electrons. The number of esters is 1. The topological polar surface area (TPSA) is 117 Å². The molecule has 10 heteroatoms. The molecule has 0 spiro atoms. The number of methoxy groups -OCH3 is 1. The third-order valence-corrected chi connectivity index (χ3v) is 3.63. The summed E-state index contributed by atoms with van der Waals surface area (Å²) in [5.41, 5.74) is -1.27. The fourth-order valence-electron chi connectivity index (χ4n) is 2.09. The third-order valence-electron chi connectivity index (χ3n) is 3.25. The number of alkyl carbamates (subject to hydrolysis) is 1. The highest BCUT2D eigenvalue weighted by molar-refractivity contribution is 6.34. The fraction of sp³-hybridized carbons (Fsp3) is 0.444. The average molecular weight is 415 g/mol. The number of carbonyl (C=O) groups is 2. The van der Waals surface area contributed by atoms with Crippen molar-refractivity contribution in [3.63, 3.8) is 0 Å². The highest BCUT2D eigenvalue weighted by Crippen LogP contribution is 2.35. The quantitative estimate of drug-likeness (QED) is 0.297. The van der Waals surface area contributed by atoms with Crippen LogP contribution in [-0.2, 0) is 9.47 Å². The van der Waals surface area contributed by atoms with E-state index in [0.717, 1.165) is 13.2 Å². The Hall–Kier alpha value is -2.81. The Balaban J connectivity index is 3.01. The van der Waals surface area contributed by atoms with Gasteiger partial charge in [0.2, 0.25) is 0 Å². The van der Waals surface area contributed by atoms with Gasteiger partial charge in [-0.25, -0.2) is 9.59 Å². The number of rotatable bonds is 8. The number of ether oxygens (including phenoxy) is 3. The van der Waals surface area contributed by atoms with Crippen molar-refractivity contribution >= 4 is 29.4 Å². The van der Waals surface area contributed by atoms with Gasteiger partial charge in [-0.1, -0.05) is 17.7 Å². The minimum atomic E-state index is -0.779. The second-order valence-electron chi connectivity index (χ2n) is 6.73. The van der Waals surface area contributed by atoms with Gasteiger partial charge in [-0.05, 0) is 33.3 Å². The van der Waals surface area contributed by atoms with Crippen LogP contribution < -0.4 is 10.1 Å². The normalized spacial score (nSPS) is 11.9. The number of nitrogens with one attached hydrogen (secondary N) is 1. The lowest BCUT2D eigenvalue weighted by molar-refractivity contribution is -0.384. The lowest BCUT2D eigenvalue weighted by atomic mass is 10.2. The lowest BCUT2D eigenvalue weighted by Gasteiger charge is -2.23. The van der Waals surface area contributed by atoms with E-state index in [-0.39, 0.29) is 22.9 Å². The number of hydrogen-bond donors (Lipinski definition) is 1. The van der Waals surface area contributed by atoms with Crippen molar-refractivity contribution in [2.45, 2.75) is 38.8 Å². The molecule has 0 aliphatic heterocycles. The molecule has 9 nitrogen and oxygen atoms in total. The van der Waals surface area contributed by atoms with E-state index in [9.17, 15) is 19.7 Å². The largest absolute Gasteiger partial charge is 0.490 e. The van der Waals surface area contributed by atoms with Crippen LogP contribution >= 0.6 is 11.6 Å². The molecule has 0 aliphatic rings. The van der Waals surface area contributed by atoms with E-state index < -0.39 is 34.3 Å². The molecular formula is C18H23ClN2O7. The zero-order valence-corrected chi connectivity index (χ0v) is 16.9. The van der Waals surface area contributed by atoms with Crippen LogP contribution in [-0.4, -0.2) is 42.3 Å². The van der Waals surface area contributed by atoms with E-state index in [1.54, 1.807) is 26.8 Å². The van der Waals surface area contributed by atoms with Crippen molar-refractivity contribution < 1.29 is 28.7 Å². The summed E-state index contributed by atoms with van der Waals surface area (Å²) in [4.78, 5) is 34.1. The van der Waals surface area contributed by atoms with Gasteiger partial charge in [-0.3, -0.25) is 10.1 Å². The average Bonchev–Trinajstić information content (AvgIpc) is 2.58. The Morgan fingerprint density at radius 3 is 2.54 bits per heavy atom. The van der Waals surface area contributed by atoms with E-state index in [4.69, 9.17) is 21.1 Å². The van der Waals surface area contributed by atoms with Gasteiger partial charge < -0.3 is 19.5 Å². The molecule has 1 aromatic carbocycles. The molecule has 0 bridgehead atoms. The molecule has 28 heavy (non-hydrogen) atoms. The van der Waals surface area contributed by atoms with Gasteiger partial charge in [0, 0.05) is 6.07 Å². The van der Waals surface area contributed by atoms with Gasteiger partial charge in [0.05, 0.1) is 23.6 Å². The Bertz CT molecular complexity index is 759. The fourth-order valence-corrected chi connectivity index (χ4v) is 2.32. The lowest BCUT2D eigenvalue weighted by Crippen LogP contribution is -2.41. The summed E-state index contributed by atoms with van der Waals surface area (Å²) in [6.45, 7) is 8.70. The molecule has 0 fully saturated rings. The summed E-state index contributed by atoms with van der Waals surface area (Å²) in [7, 11) is 1.15. The number of nitrogens with zero attached hydrogens (tertiary/aromatic N) is 1. The maximum absolute atomic E-state index is 11.9. The van der Waals surface area contributed by atoms with Crippen LogP contribution in [0.1, 0.15) is 37.6 Å². The molecular weight excluding hydrogens is 392 g/mol. The van der Waals surface area contributed by atoms with Gasteiger partial charge in [0.1, 0.15) is 18.0 Å². The number of amides is 1. The molecule has 1 N–H and O–H groups in total. The van der Waals surface area contributed by atoms with Crippen LogP contribution in [0.15, 0.2) is 24.8 Å². The van der Waals surface area contributed by atoms with E-state index in [1.165, 1.54) is 6.07 Å². The first kappa shape index (κ1) is 23.2. The Kier molecular flexibility index (Phi) is 8.24. The monoisotopic (exact) mass is 414 g/mol. The summed E-state index contributed by atoms with van der Waals surface area (Å²) in [6, 6.07) is 1.70. The van der Waals surface area contributed by atoms with Crippen molar-refractivity contribution in [3.05, 3.63) is 45.5 Å². The highest BCUT2D eigenvalue weighted by Gasteiger charge is 2.24. The van der Waals surface area contributed by atoms with Crippen LogP contribution in [0, 0.1) is 10.1 Å². The molecule has 1 atom stereocenters. The third kappa shape index (κ3) is 7.07. The molecule has 1 amide bonds. The molecule has 0 heterocycles. The maximum atomic E-state index is 11.9. The van der Waals surface area contributed by atoms with Crippen LogP contribution in [0.3, 0.4) is 0 Å². The summed E-state index contributed by atoms with van der Waals surface area (Å²) >= 11 is 6.03. The van der Waals surface area contributed by atoms with Crippen molar-refractivity contribution in [3.8, 4) is 5.75 Å². The number of halogens is 1. The molecule has 154 valence electrons. The molecule has 0 unspecified atom stereocenters.